The first-order valence-corrected chi connectivity index (χ1v) is 4.29. The molecule has 1 aromatic rings. The van der Waals surface area contributed by atoms with Crippen molar-refractivity contribution in [3.8, 4) is 0 Å². The van der Waals surface area contributed by atoms with Gasteiger partial charge in [-0.15, -0.1) is 0 Å². The van der Waals surface area contributed by atoms with E-state index < -0.39 is 18.4 Å². The van der Waals surface area contributed by atoms with Crippen LogP contribution in [0.15, 0.2) is 18.2 Å². The van der Waals surface area contributed by atoms with Crippen LogP contribution in [0.5, 0.6) is 0 Å². The van der Waals surface area contributed by atoms with E-state index >= 15 is 0 Å². The Kier molecular flexibility index (Phi) is 2.02. The van der Waals surface area contributed by atoms with E-state index in [-0.39, 0.29) is 5.56 Å². The van der Waals surface area contributed by atoms with Gasteiger partial charge >= 0.3 is 5.91 Å². The smallest absolute Gasteiger partial charge is 0.301 e. The van der Waals surface area contributed by atoms with E-state index in [2.05, 4.69) is 0 Å². The maximum Gasteiger partial charge on any atom is 0.301 e. The highest BCUT2D eigenvalue weighted by Gasteiger charge is 2.35. The molecule has 4 nitrogen and oxygen atoms in total. The summed E-state index contributed by atoms with van der Waals surface area (Å²) >= 11 is 5.68. The molecule has 1 amide bonds. The van der Waals surface area contributed by atoms with Crippen LogP contribution in [0.1, 0.15) is 10.4 Å². The summed E-state index contributed by atoms with van der Waals surface area (Å²) < 4.78 is 0. The molecule has 0 unspecified atom stereocenters. The van der Waals surface area contributed by atoms with Crippen molar-refractivity contribution in [2.24, 2.45) is 0 Å². The number of rotatable bonds is 1. The minimum Gasteiger partial charge on any atom is -0.376 e. The third-order valence-electron chi connectivity index (χ3n) is 2.07. The summed E-state index contributed by atoms with van der Waals surface area (Å²) in [5, 5.41) is 9.28. The van der Waals surface area contributed by atoms with Gasteiger partial charge in [0.15, 0.2) is 0 Å². The summed E-state index contributed by atoms with van der Waals surface area (Å²) in [4.78, 5) is 23.6. The van der Waals surface area contributed by atoms with Crippen LogP contribution in [-0.2, 0) is 4.79 Å². The molecule has 2 rings (SSSR count). The Labute approximate surface area is 84.7 Å². The van der Waals surface area contributed by atoms with Gasteiger partial charge in [0.2, 0.25) is 0 Å². The first kappa shape index (κ1) is 9.18. The van der Waals surface area contributed by atoms with E-state index in [0.29, 0.717) is 10.7 Å². The van der Waals surface area contributed by atoms with Gasteiger partial charge < -0.3 is 5.11 Å². The lowest BCUT2D eigenvalue weighted by molar-refractivity contribution is -0.114. The van der Waals surface area contributed by atoms with Gasteiger partial charge in [0.25, 0.3) is 5.78 Å². The van der Waals surface area contributed by atoms with Gasteiger partial charge in [0.05, 0.1) is 11.3 Å². The molecule has 0 saturated heterocycles. The average molecular weight is 212 g/mol. The Balaban J connectivity index is 2.61. The van der Waals surface area contributed by atoms with Gasteiger partial charge in [-0.05, 0) is 18.2 Å². The van der Waals surface area contributed by atoms with Crippen LogP contribution in [0.25, 0.3) is 0 Å². The molecule has 72 valence electrons. The van der Waals surface area contributed by atoms with Gasteiger partial charge in [-0.2, -0.15) is 0 Å². The molecule has 1 N–H and O–H groups in total. The molecule has 0 radical (unpaired) electrons. The Morgan fingerprint density at radius 2 is 2.07 bits per heavy atom. The van der Waals surface area contributed by atoms with Crippen molar-refractivity contribution in [2.45, 2.75) is 0 Å². The molecule has 0 atom stereocenters. The Bertz CT molecular complexity index is 430. The van der Waals surface area contributed by atoms with E-state index in [1.165, 1.54) is 12.1 Å². The standard InChI is InChI=1S/C9H6ClNO3/c10-5-1-2-7-6(3-5)8(13)9(14)11(7)4-12/h1-3,12H,4H2. The Morgan fingerprint density at radius 1 is 1.36 bits per heavy atom. The number of anilines is 1. The number of carbonyl (C=O) groups is 2. The number of hydrogen-bond donors (Lipinski definition) is 1. The first-order valence-electron chi connectivity index (χ1n) is 3.91. The third-order valence-corrected chi connectivity index (χ3v) is 2.31. The normalized spacial score (nSPS) is 14.9. The van der Waals surface area contributed by atoms with Crippen LogP contribution >= 0.6 is 11.6 Å². The second-order valence-corrected chi connectivity index (χ2v) is 3.30. The lowest BCUT2D eigenvalue weighted by atomic mass is 10.1. The van der Waals surface area contributed by atoms with Gasteiger partial charge in [-0.25, -0.2) is 0 Å². The molecule has 0 spiro atoms. The fraction of sp³-hybridized carbons (Fsp3) is 0.111. The number of nitrogens with zero attached hydrogens (tertiary/aromatic N) is 1. The molecule has 0 fully saturated rings. The molecular weight excluding hydrogens is 206 g/mol. The average Bonchev–Trinajstić information content (AvgIpc) is 2.41. The van der Waals surface area contributed by atoms with E-state index in [1.807, 2.05) is 0 Å². The number of hydrogen-bond acceptors (Lipinski definition) is 3. The van der Waals surface area contributed by atoms with Gasteiger partial charge in [0.1, 0.15) is 6.73 Å². The molecule has 0 saturated carbocycles. The summed E-state index contributed by atoms with van der Waals surface area (Å²) in [6, 6.07) is 4.53. The zero-order valence-electron chi connectivity index (χ0n) is 7.03. The topological polar surface area (TPSA) is 57.6 Å². The van der Waals surface area contributed by atoms with Gasteiger partial charge in [-0.1, -0.05) is 11.6 Å². The molecular formula is C9H6ClNO3. The summed E-state index contributed by atoms with van der Waals surface area (Å²) in [5.74, 6) is -1.35. The van der Waals surface area contributed by atoms with Crippen LogP contribution in [-0.4, -0.2) is 23.5 Å². The van der Waals surface area contributed by atoms with Crippen molar-refractivity contribution >= 4 is 29.0 Å². The van der Waals surface area contributed by atoms with Crippen molar-refractivity contribution < 1.29 is 14.7 Å². The fourth-order valence-corrected chi connectivity index (χ4v) is 1.59. The highest BCUT2D eigenvalue weighted by molar-refractivity contribution is 6.52. The van der Waals surface area contributed by atoms with Gasteiger partial charge in [0, 0.05) is 5.02 Å². The van der Waals surface area contributed by atoms with Crippen molar-refractivity contribution in [1.82, 2.24) is 0 Å². The molecule has 14 heavy (non-hydrogen) atoms. The molecule has 0 aliphatic carbocycles. The lowest BCUT2D eigenvalue weighted by Crippen LogP contribution is -2.30. The largest absolute Gasteiger partial charge is 0.376 e. The van der Waals surface area contributed by atoms with E-state index in [4.69, 9.17) is 16.7 Å². The second kappa shape index (κ2) is 3.08. The van der Waals surface area contributed by atoms with Crippen LogP contribution < -0.4 is 4.90 Å². The molecule has 1 aliphatic rings. The lowest BCUT2D eigenvalue weighted by Gasteiger charge is -2.11. The maximum atomic E-state index is 11.4. The number of carbonyl (C=O) groups excluding carboxylic acids is 2. The highest BCUT2D eigenvalue weighted by atomic mass is 35.5. The third kappa shape index (κ3) is 1.12. The number of ketones is 1. The summed E-state index contributed by atoms with van der Waals surface area (Å²) in [7, 11) is 0. The summed E-state index contributed by atoms with van der Waals surface area (Å²) in [5.41, 5.74) is 0.656. The zero-order chi connectivity index (χ0) is 10.3. The number of aliphatic hydroxyl groups is 1. The second-order valence-electron chi connectivity index (χ2n) is 2.87. The van der Waals surface area contributed by atoms with E-state index in [1.54, 1.807) is 6.07 Å². The minimum absolute atomic E-state index is 0.247. The van der Waals surface area contributed by atoms with Crippen LogP contribution in [0.2, 0.25) is 5.02 Å². The number of halogens is 1. The fourth-order valence-electron chi connectivity index (χ4n) is 1.41. The number of Topliss-reactive ketones (excluding diaryl/α,β-unsaturated/α-hetero) is 1. The summed E-state index contributed by atoms with van der Waals surface area (Å²) in [6.07, 6.45) is 0. The molecule has 1 aromatic carbocycles. The van der Waals surface area contributed by atoms with Crippen LogP contribution in [0.3, 0.4) is 0 Å². The molecule has 0 bridgehead atoms. The highest BCUT2D eigenvalue weighted by Crippen LogP contribution is 2.30. The van der Waals surface area contributed by atoms with Crippen LogP contribution in [0, 0.1) is 0 Å². The van der Waals surface area contributed by atoms with Crippen molar-refractivity contribution in [3.05, 3.63) is 28.8 Å². The van der Waals surface area contributed by atoms with E-state index in [0.717, 1.165) is 4.90 Å². The quantitative estimate of drug-likeness (QED) is 0.700. The Morgan fingerprint density at radius 3 is 2.71 bits per heavy atom. The molecule has 1 heterocycles. The first-order chi connectivity index (χ1) is 6.65. The number of aliphatic hydroxyl groups excluding tert-OH is 1. The SMILES string of the molecule is O=C1C(=O)N(CO)c2ccc(Cl)cc21. The maximum absolute atomic E-state index is 11.4. The predicted molar refractivity (Wildman–Crippen MR) is 50.4 cm³/mol. The van der Waals surface area contributed by atoms with Crippen LogP contribution in [0.4, 0.5) is 5.69 Å². The predicted octanol–water partition coefficient (Wildman–Crippen LogP) is 0.819. The van der Waals surface area contributed by atoms with E-state index in [9.17, 15) is 9.59 Å². The number of amides is 1. The van der Waals surface area contributed by atoms with Gasteiger partial charge in [-0.3, -0.25) is 14.5 Å². The zero-order valence-corrected chi connectivity index (χ0v) is 7.78. The molecule has 5 heteroatoms. The monoisotopic (exact) mass is 211 g/mol. The molecule has 0 aromatic heterocycles. The minimum atomic E-state index is -0.718. The van der Waals surface area contributed by atoms with Crippen molar-refractivity contribution in [2.75, 3.05) is 11.6 Å². The Hall–Kier alpha value is -1.39. The summed E-state index contributed by atoms with van der Waals surface area (Å²) in [6.45, 7) is -0.501. The molecule has 1 aliphatic heterocycles. The van der Waals surface area contributed by atoms with Crippen molar-refractivity contribution in [1.29, 1.82) is 0 Å². The van der Waals surface area contributed by atoms with Crippen molar-refractivity contribution in [3.63, 3.8) is 0 Å². The number of fused-ring (bicyclic) bond motifs is 1. The number of benzene rings is 1.